The van der Waals surface area contributed by atoms with E-state index in [4.69, 9.17) is 14.9 Å². The lowest BCUT2D eigenvalue weighted by Crippen LogP contribution is -2.26. The minimum Gasteiger partial charge on any atom is -0.482 e. The van der Waals surface area contributed by atoms with Crippen molar-refractivity contribution in [3.63, 3.8) is 0 Å². The first kappa shape index (κ1) is 17.5. The molecule has 1 atom stereocenters. The van der Waals surface area contributed by atoms with Crippen LogP contribution in [0.1, 0.15) is 12.0 Å². The van der Waals surface area contributed by atoms with Crippen LogP contribution in [0.15, 0.2) is 34.5 Å². The largest absolute Gasteiger partial charge is 0.482 e. The number of carbonyl (C=O) groups excluding carboxylic acids is 1. The Labute approximate surface area is 140 Å². The third-order valence-electron chi connectivity index (χ3n) is 2.73. The quantitative estimate of drug-likeness (QED) is 0.481. The molecular formula is C14H13N3O6S. The Morgan fingerprint density at radius 3 is 2.58 bits per heavy atom. The van der Waals surface area contributed by atoms with Gasteiger partial charge in [0.05, 0.1) is 12.6 Å². The number of hydrogen-bond donors (Lipinski definition) is 3. The highest BCUT2D eigenvalue weighted by molar-refractivity contribution is 8.15. The number of nitrogens with zero attached hydrogens (tertiary/aromatic N) is 2. The third kappa shape index (κ3) is 5.39. The molecule has 1 heterocycles. The molecule has 0 bridgehead atoms. The topological polar surface area (TPSA) is 138 Å². The lowest BCUT2D eigenvalue weighted by Gasteiger charge is -2.02. The first-order valence-corrected chi connectivity index (χ1v) is 7.57. The van der Waals surface area contributed by atoms with Gasteiger partial charge in [-0.3, -0.25) is 9.59 Å². The lowest BCUT2D eigenvalue weighted by atomic mass is 10.2. The summed E-state index contributed by atoms with van der Waals surface area (Å²) in [5, 5.41) is 26.8. The number of carboxylic acids is 2. The lowest BCUT2D eigenvalue weighted by molar-refractivity contribution is -0.139. The fraction of sp³-hybridized carbons (Fsp3) is 0.214. The Balaban J connectivity index is 1.90. The van der Waals surface area contributed by atoms with Gasteiger partial charge in [0.25, 0.3) is 0 Å². The van der Waals surface area contributed by atoms with Crippen LogP contribution < -0.4 is 10.1 Å². The predicted molar refractivity (Wildman–Crippen MR) is 86.4 cm³/mol. The van der Waals surface area contributed by atoms with E-state index in [-0.39, 0.29) is 11.6 Å². The van der Waals surface area contributed by atoms with Crippen molar-refractivity contribution in [2.24, 2.45) is 10.2 Å². The van der Waals surface area contributed by atoms with Gasteiger partial charge in [-0.2, -0.15) is 5.10 Å². The van der Waals surface area contributed by atoms with Gasteiger partial charge in [-0.25, -0.2) is 4.79 Å². The van der Waals surface area contributed by atoms with Gasteiger partial charge < -0.3 is 20.3 Å². The summed E-state index contributed by atoms with van der Waals surface area (Å²) in [7, 11) is 0. The second kappa shape index (κ2) is 8.11. The third-order valence-corrected chi connectivity index (χ3v) is 3.81. The average Bonchev–Trinajstić information content (AvgIpc) is 2.85. The number of ether oxygens (including phenoxy) is 1. The second-order valence-electron chi connectivity index (χ2n) is 4.59. The van der Waals surface area contributed by atoms with Gasteiger partial charge in [0, 0.05) is 0 Å². The van der Waals surface area contributed by atoms with Gasteiger partial charge in [0.2, 0.25) is 5.91 Å². The predicted octanol–water partition coefficient (Wildman–Crippen LogP) is 0.546. The summed E-state index contributed by atoms with van der Waals surface area (Å²) in [4.78, 5) is 32.5. The van der Waals surface area contributed by atoms with Crippen molar-refractivity contribution in [2.75, 3.05) is 6.61 Å². The molecule has 1 aliphatic heterocycles. The standard InChI is InChI=1S/C14H13N3O6S/c18-11(19)5-10-13(22)16-14(24-10)17-15-6-8-1-3-9(4-2-8)23-7-12(20)21/h1-4,6,10H,5,7H2,(H,18,19)(H,20,21)(H,16,17,22)/b15-6-/t10-/m1/s1. The number of nitrogens with one attached hydrogen (secondary N) is 1. The summed E-state index contributed by atoms with van der Waals surface area (Å²) in [6.45, 7) is -0.421. The van der Waals surface area contributed by atoms with Crippen LogP contribution in [0.4, 0.5) is 0 Å². The second-order valence-corrected chi connectivity index (χ2v) is 5.79. The van der Waals surface area contributed by atoms with E-state index in [1.165, 1.54) is 6.21 Å². The number of rotatable bonds is 7. The van der Waals surface area contributed by atoms with Gasteiger partial charge in [0.15, 0.2) is 11.8 Å². The summed E-state index contributed by atoms with van der Waals surface area (Å²) in [6, 6.07) is 6.50. The zero-order chi connectivity index (χ0) is 17.5. The molecule has 0 aliphatic carbocycles. The fourth-order valence-electron chi connectivity index (χ4n) is 1.69. The van der Waals surface area contributed by atoms with Crippen LogP contribution >= 0.6 is 11.8 Å². The van der Waals surface area contributed by atoms with E-state index in [1.807, 2.05) is 0 Å². The molecule has 0 aromatic heterocycles. The van der Waals surface area contributed by atoms with Crippen LogP contribution in [0.2, 0.25) is 0 Å². The maximum atomic E-state index is 11.5. The van der Waals surface area contributed by atoms with Crippen molar-refractivity contribution in [1.29, 1.82) is 0 Å². The highest BCUT2D eigenvalue weighted by atomic mass is 32.2. The van der Waals surface area contributed by atoms with Crippen LogP contribution in [-0.2, 0) is 14.4 Å². The molecule has 10 heteroatoms. The van der Waals surface area contributed by atoms with Crippen LogP contribution in [0.3, 0.4) is 0 Å². The highest BCUT2D eigenvalue weighted by Gasteiger charge is 2.32. The summed E-state index contributed by atoms with van der Waals surface area (Å²) in [5.74, 6) is -2.11. The zero-order valence-corrected chi connectivity index (χ0v) is 13.0. The van der Waals surface area contributed by atoms with Gasteiger partial charge in [-0.1, -0.05) is 11.8 Å². The minimum absolute atomic E-state index is 0.240. The molecule has 1 saturated heterocycles. The highest BCUT2D eigenvalue weighted by Crippen LogP contribution is 2.22. The Kier molecular flexibility index (Phi) is 5.90. The van der Waals surface area contributed by atoms with Crippen molar-refractivity contribution in [3.8, 4) is 5.75 Å². The van der Waals surface area contributed by atoms with Crippen LogP contribution in [0.25, 0.3) is 0 Å². The molecule has 126 valence electrons. The Morgan fingerprint density at radius 2 is 1.96 bits per heavy atom. The summed E-state index contributed by atoms with van der Waals surface area (Å²) < 4.78 is 4.99. The molecule has 1 aromatic rings. The molecular weight excluding hydrogens is 338 g/mol. The van der Waals surface area contributed by atoms with E-state index in [1.54, 1.807) is 24.3 Å². The van der Waals surface area contributed by atoms with Crippen molar-refractivity contribution < 1.29 is 29.3 Å². The molecule has 0 radical (unpaired) electrons. The smallest absolute Gasteiger partial charge is 0.341 e. The van der Waals surface area contributed by atoms with E-state index in [2.05, 4.69) is 15.5 Å². The molecule has 2 rings (SSSR count). The maximum Gasteiger partial charge on any atom is 0.341 e. The fourth-order valence-corrected chi connectivity index (χ4v) is 2.60. The SMILES string of the molecule is O=C(O)COc1ccc(/C=N\N=C2\NC(=O)[C@@H](CC(=O)O)S2)cc1. The van der Waals surface area contributed by atoms with E-state index >= 15 is 0 Å². The first-order valence-electron chi connectivity index (χ1n) is 6.69. The van der Waals surface area contributed by atoms with Crippen LogP contribution in [0, 0.1) is 0 Å². The first-order chi connectivity index (χ1) is 11.4. The molecule has 1 aromatic carbocycles. The molecule has 1 amide bonds. The number of carbonyl (C=O) groups is 3. The van der Waals surface area contributed by atoms with Crippen molar-refractivity contribution >= 4 is 41.0 Å². The number of carboxylic acid groups (broad SMARTS) is 2. The van der Waals surface area contributed by atoms with Gasteiger partial charge >= 0.3 is 11.9 Å². The number of benzene rings is 1. The van der Waals surface area contributed by atoms with E-state index in [9.17, 15) is 14.4 Å². The van der Waals surface area contributed by atoms with Crippen molar-refractivity contribution in [1.82, 2.24) is 5.32 Å². The maximum absolute atomic E-state index is 11.5. The summed E-state index contributed by atoms with van der Waals surface area (Å²) >= 11 is 1.01. The van der Waals surface area contributed by atoms with E-state index in [0.717, 1.165) is 11.8 Å². The van der Waals surface area contributed by atoms with Crippen LogP contribution in [0.5, 0.6) is 5.75 Å². The molecule has 1 aliphatic rings. The minimum atomic E-state index is -1.06. The molecule has 9 nitrogen and oxygen atoms in total. The van der Waals surface area contributed by atoms with E-state index < -0.39 is 29.7 Å². The summed E-state index contributed by atoms with van der Waals surface area (Å²) in [5.41, 5.74) is 0.693. The molecule has 1 fully saturated rings. The van der Waals surface area contributed by atoms with Crippen LogP contribution in [-0.4, -0.2) is 51.3 Å². The molecule has 0 spiro atoms. The number of amides is 1. The number of hydrogen-bond acceptors (Lipinski definition) is 7. The molecule has 0 saturated carbocycles. The summed E-state index contributed by atoms with van der Waals surface area (Å²) in [6.07, 6.45) is 1.16. The van der Waals surface area contributed by atoms with Crippen molar-refractivity contribution in [3.05, 3.63) is 29.8 Å². The molecule has 3 N–H and O–H groups in total. The molecule has 24 heavy (non-hydrogen) atoms. The monoisotopic (exact) mass is 351 g/mol. The van der Waals surface area contributed by atoms with Crippen molar-refractivity contribution in [2.45, 2.75) is 11.7 Å². The van der Waals surface area contributed by atoms with Gasteiger partial charge in [-0.05, 0) is 29.8 Å². The normalized spacial score (nSPS) is 18.8. The van der Waals surface area contributed by atoms with Gasteiger partial charge in [0.1, 0.15) is 11.0 Å². The van der Waals surface area contributed by atoms with E-state index in [0.29, 0.717) is 11.3 Å². The Hall–Kier alpha value is -2.88. The Bertz CT molecular complexity index is 701. The number of thioether (sulfide) groups is 1. The molecule has 0 unspecified atom stereocenters. The van der Waals surface area contributed by atoms with Gasteiger partial charge in [-0.15, -0.1) is 5.10 Å². The number of aliphatic carboxylic acids is 2. The number of amidine groups is 1. The average molecular weight is 351 g/mol. The Morgan fingerprint density at radius 1 is 1.25 bits per heavy atom. The zero-order valence-electron chi connectivity index (χ0n) is 12.2.